The van der Waals surface area contributed by atoms with Gasteiger partial charge in [0.15, 0.2) is 6.29 Å². The number of piperidine rings is 1. The lowest BCUT2D eigenvalue weighted by molar-refractivity contribution is -0.110. The second-order valence-corrected chi connectivity index (χ2v) is 13.2. The maximum absolute atomic E-state index is 11.7. The van der Waals surface area contributed by atoms with Gasteiger partial charge in [-0.05, 0) is 110 Å². The highest BCUT2D eigenvalue weighted by Crippen LogP contribution is 2.22. The van der Waals surface area contributed by atoms with Crippen molar-refractivity contribution in [1.82, 2.24) is 24.1 Å². The fraction of sp³-hybridized carbons (Fsp3) is 0.556. The zero-order chi connectivity index (χ0) is 36.4. The smallest absolute Gasteiger partial charge is 0.410 e. The number of ether oxygens (including phenoxy) is 1. The molecule has 0 bridgehead atoms. The van der Waals surface area contributed by atoms with Crippen molar-refractivity contribution >= 4 is 42.9 Å². The van der Waals surface area contributed by atoms with E-state index in [0.717, 1.165) is 74.2 Å². The van der Waals surface area contributed by atoms with E-state index in [4.69, 9.17) is 4.74 Å². The number of anilines is 1. The number of aldehydes is 1. The molecule has 0 radical (unpaired) electrons. The van der Waals surface area contributed by atoms with Crippen molar-refractivity contribution in [2.45, 2.75) is 65.8 Å². The first kappa shape index (κ1) is 43.4. The molecule has 274 valence electrons. The molecule has 13 heteroatoms. The molecule has 2 aromatic rings. The number of aliphatic imine (C=N–C) groups is 1. The number of benzene rings is 2. The predicted octanol–water partition coefficient (Wildman–Crippen LogP) is 4.97. The van der Waals surface area contributed by atoms with Crippen LogP contribution < -0.4 is 15.4 Å². The monoisotopic (exact) mass is 701 g/mol. The molecule has 0 atom stereocenters. The molecule has 0 spiro atoms. The van der Waals surface area contributed by atoms with Gasteiger partial charge < -0.3 is 35.0 Å². The maximum atomic E-state index is 11.7. The van der Waals surface area contributed by atoms with E-state index in [9.17, 15) is 19.5 Å². The van der Waals surface area contributed by atoms with Crippen molar-refractivity contribution in [3.63, 3.8) is 0 Å². The summed E-state index contributed by atoms with van der Waals surface area (Å²) in [6.45, 7) is 13.0. The molecule has 4 N–H and O–H groups in total. The molecular formula is C36H59N7O5S. The molecule has 49 heavy (non-hydrogen) atoms. The summed E-state index contributed by atoms with van der Waals surface area (Å²) in [6.07, 6.45) is 7.51. The average Bonchev–Trinajstić information content (AvgIpc) is 3.09. The fourth-order valence-electron chi connectivity index (χ4n) is 5.11. The van der Waals surface area contributed by atoms with Gasteiger partial charge in [0.25, 0.3) is 0 Å². The van der Waals surface area contributed by atoms with Crippen molar-refractivity contribution in [2.24, 2.45) is 4.99 Å². The predicted molar refractivity (Wildman–Crippen MR) is 202 cm³/mol. The summed E-state index contributed by atoms with van der Waals surface area (Å²) in [5.41, 5.74) is 5.07. The van der Waals surface area contributed by atoms with E-state index in [1.165, 1.54) is 24.1 Å². The number of rotatable bonds is 17. The third kappa shape index (κ3) is 19.2. The molecule has 3 rings (SSSR count). The first-order valence-electron chi connectivity index (χ1n) is 16.9. The van der Waals surface area contributed by atoms with Crippen LogP contribution in [0.4, 0.5) is 10.5 Å². The van der Waals surface area contributed by atoms with Crippen molar-refractivity contribution in [3.05, 3.63) is 58.7 Å². The number of carbonyl (C=O) groups excluding carboxylic acids is 3. The third-order valence-electron chi connectivity index (χ3n) is 7.67. The molecule has 1 saturated heterocycles. The Morgan fingerprint density at radius 3 is 2.37 bits per heavy atom. The van der Waals surface area contributed by atoms with Gasteiger partial charge in [-0.2, -0.15) is 0 Å². The summed E-state index contributed by atoms with van der Waals surface area (Å²) < 4.78 is 9.84. The lowest BCUT2D eigenvalue weighted by Gasteiger charge is -2.36. The highest BCUT2D eigenvalue weighted by Gasteiger charge is 2.26. The number of hydrogen-bond donors (Lipinski definition) is 4. The summed E-state index contributed by atoms with van der Waals surface area (Å²) >= 11 is 1.52. The van der Waals surface area contributed by atoms with Crippen LogP contribution in [0.2, 0.25) is 0 Å². The van der Waals surface area contributed by atoms with Crippen molar-refractivity contribution < 1.29 is 24.2 Å². The van der Waals surface area contributed by atoms with E-state index in [1.54, 1.807) is 11.2 Å². The van der Waals surface area contributed by atoms with Crippen LogP contribution in [0.3, 0.4) is 0 Å². The van der Waals surface area contributed by atoms with Gasteiger partial charge in [0.05, 0.1) is 6.34 Å². The number of para-hydroxylation sites is 1. The van der Waals surface area contributed by atoms with Crippen LogP contribution in [-0.4, -0.2) is 117 Å². The van der Waals surface area contributed by atoms with Crippen LogP contribution in [0.15, 0.2) is 41.4 Å². The Morgan fingerprint density at radius 1 is 1.08 bits per heavy atom. The number of likely N-dealkylation sites (N-methyl/N-ethyl adjacent to an activating group) is 1. The van der Waals surface area contributed by atoms with Crippen LogP contribution in [0.5, 0.6) is 5.75 Å². The summed E-state index contributed by atoms with van der Waals surface area (Å²) in [7, 11) is 6.06. The van der Waals surface area contributed by atoms with Gasteiger partial charge in [0, 0.05) is 50.0 Å². The van der Waals surface area contributed by atoms with Gasteiger partial charge in [-0.15, -0.1) is 0 Å². The third-order valence-corrected chi connectivity index (χ3v) is 8.24. The van der Waals surface area contributed by atoms with Gasteiger partial charge in [0.1, 0.15) is 12.4 Å². The molecule has 0 unspecified atom stereocenters. The van der Waals surface area contributed by atoms with E-state index in [-0.39, 0.29) is 6.61 Å². The highest BCUT2D eigenvalue weighted by molar-refractivity contribution is 7.95. The molecule has 2 amide bonds. The summed E-state index contributed by atoms with van der Waals surface area (Å²) in [4.78, 5) is 40.8. The summed E-state index contributed by atoms with van der Waals surface area (Å²) in [5.74, 6) is 0.422. The largest absolute Gasteiger partial charge is 0.507 e. The quantitative estimate of drug-likeness (QED) is 0.0589. The standard InChI is InChI=1S/C18H25N3O4.C9H22N4S.C9H12O/c1-20(9-6-15-4-2-3-5-17(15)19-14-23)16-7-10-21(11-8-16)18(24)25-13-12-22;1-4-6-10-7-5-8-11-9-12-14-13(2)3;1-6-4-7(2)9(10)8(3)5-6/h2-5,12,14,16H,6-11,13H2,1H3,(H,19,23);9-10H,4-8H2,1-3H3,(H,11,12);4-5,10H,1-3H3. The van der Waals surface area contributed by atoms with Crippen molar-refractivity contribution in [1.29, 1.82) is 0 Å². The number of aryl methyl sites for hydroxylation is 3. The summed E-state index contributed by atoms with van der Waals surface area (Å²) in [5, 5.41) is 15.4. The molecule has 1 fully saturated rings. The number of phenolic OH excluding ortho intramolecular Hbond substituents is 1. The van der Waals surface area contributed by atoms with Crippen LogP contribution in [0, 0.1) is 20.8 Å². The topological polar surface area (TPSA) is 139 Å². The molecule has 0 aromatic heterocycles. The maximum Gasteiger partial charge on any atom is 0.410 e. The molecule has 1 heterocycles. The Kier molecular flexibility index (Phi) is 23.2. The lowest BCUT2D eigenvalue weighted by atomic mass is 10.0. The number of hydrogen-bond acceptors (Lipinski definition) is 10. The molecule has 1 aliphatic heterocycles. The van der Waals surface area contributed by atoms with E-state index in [2.05, 4.69) is 39.2 Å². The van der Waals surface area contributed by atoms with Gasteiger partial charge in [-0.3, -0.25) is 14.6 Å². The normalized spacial score (nSPS) is 13.0. The number of phenols is 1. The summed E-state index contributed by atoms with van der Waals surface area (Å²) in [6, 6.07) is 12.1. The number of nitrogens with one attached hydrogen (secondary N) is 3. The van der Waals surface area contributed by atoms with Gasteiger partial charge in [0.2, 0.25) is 6.41 Å². The van der Waals surface area contributed by atoms with E-state index < -0.39 is 6.09 Å². The first-order chi connectivity index (χ1) is 23.5. The Balaban J connectivity index is 0.000000419. The number of likely N-dealkylation sites (tertiary alicyclic amines) is 1. The van der Waals surface area contributed by atoms with Crippen LogP contribution in [0.1, 0.15) is 54.9 Å². The van der Waals surface area contributed by atoms with Crippen LogP contribution >= 0.6 is 12.1 Å². The molecule has 0 aliphatic carbocycles. The minimum Gasteiger partial charge on any atom is -0.507 e. The van der Waals surface area contributed by atoms with Crippen LogP contribution in [0.25, 0.3) is 0 Å². The minimum absolute atomic E-state index is 0.188. The fourth-order valence-corrected chi connectivity index (χ4v) is 5.44. The Bertz CT molecular complexity index is 1230. The van der Waals surface area contributed by atoms with E-state index >= 15 is 0 Å². The van der Waals surface area contributed by atoms with E-state index in [1.807, 2.05) is 75.6 Å². The number of carbonyl (C=O) groups is 3. The molecule has 2 aromatic carbocycles. The molecule has 0 saturated carbocycles. The Labute approximate surface area is 298 Å². The average molecular weight is 702 g/mol. The number of aromatic hydroxyl groups is 1. The highest BCUT2D eigenvalue weighted by atomic mass is 32.2. The minimum atomic E-state index is -0.415. The van der Waals surface area contributed by atoms with Gasteiger partial charge >= 0.3 is 6.09 Å². The Morgan fingerprint density at radius 2 is 1.76 bits per heavy atom. The molecule has 12 nitrogen and oxygen atoms in total. The second kappa shape index (κ2) is 26.2. The second-order valence-electron chi connectivity index (χ2n) is 12.0. The van der Waals surface area contributed by atoms with Crippen LogP contribution in [-0.2, 0) is 20.7 Å². The van der Waals surface area contributed by atoms with Gasteiger partial charge in [-0.1, -0.05) is 42.8 Å². The van der Waals surface area contributed by atoms with Crippen molar-refractivity contribution in [2.75, 3.05) is 72.3 Å². The molecule has 1 aliphatic rings. The SMILES string of the molecule is CCCNCCCN=CNSN(C)C.CN(CCc1ccccc1NC=O)C1CCN(C(=O)OCC=O)CC1.Cc1cc(C)c(O)c(C)c1. The van der Waals surface area contributed by atoms with Gasteiger partial charge in [-0.25, -0.2) is 9.10 Å². The number of nitrogens with zero attached hydrogens (tertiary/aromatic N) is 4. The molecular weight excluding hydrogens is 643 g/mol. The lowest BCUT2D eigenvalue weighted by Crippen LogP contribution is -2.46. The Hall–Kier alpha value is -3.65. The number of amides is 2. The zero-order valence-corrected chi connectivity index (χ0v) is 31.4. The first-order valence-corrected chi connectivity index (χ1v) is 17.7. The zero-order valence-electron chi connectivity index (χ0n) is 30.5. The van der Waals surface area contributed by atoms with E-state index in [0.29, 0.717) is 37.6 Å². The van der Waals surface area contributed by atoms with Crippen molar-refractivity contribution in [3.8, 4) is 5.75 Å².